The minimum atomic E-state index is -0.268. The molecule has 0 aliphatic carbocycles. The molecule has 0 saturated heterocycles. The molecule has 0 unspecified atom stereocenters. The highest BCUT2D eigenvalue weighted by atomic mass is 16.7. The Balaban J connectivity index is 1.59. The van der Waals surface area contributed by atoms with E-state index in [0.29, 0.717) is 45.2 Å². The van der Waals surface area contributed by atoms with Crippen LogP contribution < -0.4 is 14.8 Å². The standard InChI is InChI=1S/C20H16N4O4/c1-11-18-13(20(25)21-12-5-6-16-17(8-12)28-10-27-16)9-14(15-4-3-7-26-15)22-19(18)24(2)23-11/h3-9H,10H2,1-2H3,(H,21,25). The normalized spacial score (nSPS) is 12.5. The van der Waals surface area contributed by atoms with Crippen molar-refractivity contribution < 1.29 is 18.7 Å². The number of furan rings is 1. The molecule has 1 aromatic carbocycles. The van der Waals surface area contributed by atoms with Gasteiger partial charge in [0.15, 0.2) is 22.9 Å². The summed E-state index contributed by atoms with van der Waals surface area (Å²) in [6, 6.07) is 10.6. The molecule has 8 heteroatoms. The zero-order chi connectivity index (χ0) is 19.3. The largest absolute Gasteiger partial charge is 0.463 e. The van der Waals surface area contributed by atoms with Crippen molar-refractivity contribution in [1.82, 2.24) is 14.8 Å². The lowest BCUT2D eigenvalue weighted by Crippen LogP contribution is -2.13. The number of nitrogens with zero attached hydrogens (tertiary/aromatic N) is 3. The van der Waals surface area contributed by atoms with Crippen LogP contribution in [0.3, 0.4) is 0 Å². The zero-order valence-corrected chi connectivity index (χ0v) is 15.2. The number of pyridine rings is 1. The number of hydrogen-bond acceptors (Lipinski definition) is 6. The van der Waals surface area contributed by atoms with E-state index < -0.39 is 0 Å². The highest BCUT2D eigenvalue weighted by Gasteiger charge is 2.21. The monoisotopic (exact) mass is 376 g/mol. The van der Waals surface area contributed by atoms with E-state index in [2.05, 4.69) is 15.4 Å². The van der Waals surface area contributed by atoms with Crippen LogP contribution in [0.4, 0.5) is 5.69 Å². The Labute approximate surface area is 159 Å². The first kappa shape index (κ1) is 16.4. The van der Waals surface area contributed by atoms with E-state index in [-0.39, 0.29) is 12.7 Å². The van der Waals surface area contributed by atoms with E-state index in [4.69, 9.17) is 13.9 Å². The number of carbonyl (C=O) groups is 1. The Morgan fingerprint density at radius 2 is 2.04 bits per heavy atom. The third-order valence-electron chi connectivity index (χ3n) is 4.62. The molecule has 1 amide bonds. The molecule has 4 heterocycles. The predicted octanol–water partition coefficient (Wildman–Crippen LogP) is 3.52. The fourth-order valence-corrected chi connectivity index (χ4v) is 3.35. The maximum absolute atomic E-state index is 13.1. The van der Waals surface area contributed by atoms with Gasteiger partial charge in [-0.3, -0.25) is 9.48 Å². The van der Waals surface area contributed by atoms with Gasteiger partial charge in [0.2, 0.25) is 6.79 Å². The smallest absolute Gasteiger partial charge is 0.256 e. The molecule has 4 aromatic rings. The molecule has 8 nitrogen and oxygen atoms in total. The van der Waals surface area contributed by atoms with Crippen molar-refractivity contribution in [3.05, 3.63) is 53.9 Å². The number of hydrogen-bond donors (Lipinski definition) is 1. The van der Waals surface area contributed by atoms with E-state index in [9.17, 15) is 4.79 Å². The number of fused-ring (bicyclic) bond motifs is 2. The minimum Gasteiger partial charge on any atom is -0.463 e. The average molecular weight is 376 g/mol. The summed E-state index contributed by atoms with van der Waals surface area (Å²) in [7, 11) is 1.80. The van der Waals surface area contributed by atoms with Crippen molar-refractivity contribution in [1.29, 1.82) is 0 Å². The number of carbonyl (C=O) groups excluding carboxylic acids is 1. The van der Waals surface area contributed by atoms with Crippen LogP contribution in [0.25, 0.3) is 22.5 Å². The number of rotatable bonds is 3. The summed E-state index contributed by atoms with van der Waals surface area (Å²) in [6.07, 6.45) is 1.57. The first-order valence-electron chi connectivity index (χ1n) is 8.69. The molecule has 1 aliphatic heterocycles. The van der Waals surface area contributed by atoms with Crippen LogP contribution in [0.5, 0.6) is 11.5 Å². The molecule has 28 heavy (non-hydrogen) atoms. The van der Waals surface area contributed by atoms with Crippen LogP contribution >= 0.6 is 0 Å². The molecular formula is C20H16N4O4. The SMILES string of the molecule is Cc1nn(C)c2nc(-c3ccco3)cc(C(=O)Nc3ccc4c(c3)OCO4)c12. The van der Waals surface area contributed by atoms with Crippen molar-refractivity contribution in [2.24, 2.45) is 7.05 Å². The molecule has 140 valence electrons. The molecule has 3 aromatic heterocycles. The lowest BCUT2D eigenvalue weighted by Gasteiger charge is -2.09. The van der Waals surface area contributed by atoms with E-state index in [0.717, 1.165) is 5.69 Å². The Morgan fingerprint density at radius 1 is 1.18 bits per heavy atom. The van der Waals surface area contributed by atoms with Crippen LogP contribution in [0.1, 0.15) is 16.1 Å². The second-order valence-electron chi connectivity index (χ2n) is 6.46. The van der Waals surface area contributed by atoms with Gasteiger partial charge in [-0.15, -0.1) is 0 Å². The van der Waals surface area contributed by atoms with Gasteiger partial charge in [0.1, 0.15) is 5.69 Å². The number of amides is 1. The molecule has 0 spiro atoms. The zero-order valence-electron chi connectivity index (χ0n) is 15.2. The van der Waals surface area contributed by atoms with Gasteiger partial charge in [0, 0.05) is 18.8 Å². The van der Waals surface area contributed by atoms with Gasteiger partial charge in [0.25, 0.3) is 5.91 Å². The van der Waals surface area contributed by atoms with Crippen LogP contribution in [-0.4, -0.2) is 27.5 Å². The topological polar surface area (TPSA) is 91.4 Å². The molecule has 0 fully saturated rings. The first-order chi connectivity index (χ1) is 13.6. The van der Waals surface area contributed by atoms with Crippen LogP contribution in [0, 0.1) is 6.92 Å². The minimum absolute atomic E-state index is 0.180. The Bertz CT molecular complexity index is 1210. The number of anilines is 1. The van der Waals surface area contributed by atoms with Crippen molar-refractivity contribution in [2.45, 2.75) is 6.92 Å². The lowest BCUT2D eigenvalue weighted by molar-refractivity contribution is 0.102. The summed E-state index contributed by atoms with van der Waals surface area (Å²) in [6.45, 7) is 2.03. The highest BCUT2D eigenvalue weighted by molar-refractivity contribution is 6.13. The van der Waals surface area contributed by atoms with Gasteiger partial charge >= 0.3 is 0 Å². The Kier molecular flexibility index (Phi) is 3.58. The molecule has 5 rings (SSSR count). The third kappa shape index (κ3) is 2.58. The first-order valence-corrected chi connectivity index (χ1v) is 8.69. The molecule has 1 aliphatic rings. The average Bonchev–Trinajstić information content (AvgIpc) is 3.42. The summed E-state index contributed by atoms with van der Waals surface area (Å²) in [5, 5.41) is 8.04. The van der Waals surface area contributed by atoms with Crippen molar-refractivity contribution >= 4 is 22.6 Å². The maximum atomic E-state index is 13.1. The Morgan fingerprint density at radius 3 is 2.86 bits per heavy atom. The second-order valence-corrected chi connectivity index (χ2v) is 6.46. The molecule has 1 N–H and O–H groups in total. The van der Waals surface area contributed by atoms with E-state index >= 15 is 0 Å². The van der Waals surface area contributed by atoms with Crippen LogP contribution in [0.15, 0.2) is 47.1 Å². The number of benzene rings is 1. The number of ether oxygens (including phenoxy) is 2. The molecular weight excluding hydrogens is 360 g/mol. The van der Waals surface area contributed by atoms with Gasteiger partial charge < -0.3 is 19.2 Å². The van der Waals surface area contributed by atoms with Crippen LogP contribution in [0.2, 0.25) is 0 Å². The summed E-state index contributed by atoms with van der Waals surface area (Å²) < 4.78 is 17.8. The number of nitrogens with one attached hydrogen (secondary N) is 1. The predicted molar refractivity (Wildman–Crippen MR) is 101 cm³/mol. The molecule has 0 atom stereocenters. The van der Waals surface area contributed by atoms with Gasteiger partial charge in [-0.2, -0.15) is 5.10 Å². The van der Waals surface area contributed by atoms with Gasteiger partial charge in [0.05, 0.1) is 22.9 Å². The van der Waals surface area contributed by atoms with Crippen molar-refractivity contribution in [2.75, 3.05) is 12.1 Å². The third-order valence-corrected chi connectivity index (χ3v) is 4.62. The summed E-state index contributed by atoms with van der Waals surface area (Å²) >= 11 is 0. The fraction of sp³-hybridized carbons (Fsp3) is 0.150. The fourth-order valence-electron chi connectivity index (χ4n) is 3.35. The van der Waals surface area contributed by atoms with E-state index in [1.54, 1.807) is 54.4 Å². The second kappa shape index (κ2) is 6.12. The quantitative estimate of drug-likeness (QED) is 0.588. The van der Waals surface area contributed by atoms with Crippen LogP contribution in [-0.2, 0) is 7.05 Å². The molecule has 0 radical (unpaired) electrons. The molecule has 0 saturated carbocycles. The Hall–Kier alpha value is -3.81. The lowest BCUT2D eigenvalue weighted by atomic mass is 10.1. The summed E-state index contributed by atoms with van der Waals surface area (Å²) in [4.78, 5) is 17.8. The summed E-state index contributed by atoms with van der Waals surface area (Å²) in [5.41, 5.74) is 2.99. The van der Waals surface area contributed by atoms with E-state index in [1.807, 2.05) is 6.92 Å². The molecule has 0 bridgehead atoms. The van der Waals surface area contributed by atoms with Gasteiger partial charge in [-0.1, -0.05) is 0 Å². The van der Waals surface area contributed by atoms with Crippen molar-refractivity contribution in [3.8, 4) is 23.0 Å². The number of aryl methyl sites for hydroxylation is 2. The summed E-state index contributed by atoms with van der Waals surface area (Å²) in [5.74, 6) is 1.58. The van der Waals surface area contributed by atoms with Crippen molar-refractivity contribution in [3.63, 3.8) is 0 Å². The maximum Gasteiger partial charge on any atom is 0.256 e. The number of aromatic nitrogens is 3. The highest BCUT2D eigenvalue weighted by Crippen LogP contribution is 2.35. The van der Waals surface area contributed by atoms with E-state index in [1.165, 1.54) is 0 Å². The van der Waals surface area contributed by atoms with Gasteiger partial charge in [-0.05, 0) is 37.3 Å². The van der Waals surface area contributed by atoms with Gasteiger partial charge in [-0.25, -0.2) is 4.98 Å².